The zero-order valence-corrected chi connectivity index (χ0v) is 9.85. The summed E-state index contributed by atoms with van der Waals surface area (Å²) in [4.78, 5) is 13.1. The van der Waals surface area contributed by atoms with E-state index in [9.17, 15) is 4.79 Å². The van der Waals surface area contributed by atoms with E-state index in [1.807, 2.05) is 6.07 Å². The number of guanidine groups is 1. The smallest absolute Gasteiger partial charge is 0.338 e. The van der Waals surface area contributed by atoms with E-state index in [0.29, 0.717) is 25.1 Å². The minimum absolute atomic E-state index is 0.0133. The molecule has 0 heterocycles. The van der Waals surface area contributed by atoms with Crippen molar-refractivity contribution in [2.45, 2.75) is 6.42 Å². The van der Waals surface area contributed by atoms with Gasteiger partial charge in [0.2, 0.25) is 0 Å². The molecule has 0 aromatic heterocycles. The zero-order chi connectivity index (χ0) is 12.7. The van der Waals surface area contributed by atoms with Crippen LogP contribution in [0, 0.1) is 5.41 Å². The van der Waals surface area contributed by atoms with Gasteiger partial charge < -0.3 is 15.4 Å². The number of hydrogen-bond donors (Lipinski definition) is 2. The summed E-state index contributed by atoms with van der Waals surface area (Å²) in [6.45, 7) is 0.919. The van der Waals surface area contributed by atoms with Gasteiger partial charge in [-0.05, 0) is 18.6 Å². The van der Waals surface area contributed by atoms with E-state index in [1.54, 1.807) is 36.2 Å². The van der Waals surface area contributed by atoms with Gasteiger partial charge in [-0.2, -0.15) is 0 Å². The van der Waals surface area contributed by atoms with Gasteiger partial charge in [-0.1, -0.05) is 18.2 Å². The van der Waals surface area contributed by atoms with Crippen LogP contribution in [0.3, 0.4) is 0 Å². The molecule has 1 aromatic carbocycles. The molecular formula is C12H17N3O2. The standard InChI is InChI=1S/C12H17N3O2/c1-15(12(13)14)8-5-9-17-11(16)10-6-3-2-4-7-10/h2-4,6-7H,5,8-9H2,1H3,(H3,13,14). The van der Waals surface area contributed by atoms with E-state index in [1.165, 1.54) is 0 Å². The number of rotatable bonds is 5. The first-order chi connectivity index (χ1) is 8.11. The average Bonchev–Trinajstić information content (AvgIpc) is 2.35. The lowest BCUT2D eigenvalue weighted by atomic mass is 10.2. The lowest BCUT2D eigenvalue weighted by molar-refractivity contribution is 0.0496. The Morgan fingerprint density at radius 3 is 2.65 bits per heavy atom. The Labute approximate surface area is 101 Å². The maximum atomic E-state index is 11.5. The maximum Gasteiger partial charge on any atom is 0.338 e. The molecule has 1 rings (SSSR count). The number of benzene rings is 1. The van der Waals surface area contributed by atoms with Gasteiger partial charge in [0.1, 0.15) is 0 Å². The van der Waals surface area contributed by atoms with Crippen molar-refractivity contribution in [1.29, 1.82) is 5.41 Å². The van der Waals surface area contributed by atoms with Crippen LogP contribution in [-0.4, -0.2) is 37.0 Å². The van der Waals surface area contributed by atoms with E-state index in [2.05, 4.69) is 0 Å². The topological polar surface area (TPSA) is 79.4 Å². The van der Waals surface area contributed by atoms with Crippen molar-refractivity contribution in [3.8, 4) is 0 Å². The van der Waals surface area contributed by atoms with Crippen LogP contribution in [0.2, 0.25) is 0 Å². The molecule has 0 aliphatic carbocycles. The molecule has 0 amide bonds. The number of carbonyl (C=O) groups excluding carboxylic acids is 1. The molecule has 0 spiro atoms. The van der Waals surface area contributed by atoms with E-state index in [-0.39, 0.29) is 11.9 Å². The largest absolute Gasteiger partial charge is 0.462 e. The normalized spacial score (nSPS) is 9.71. The van der Waals surface area contributed by atoms with Crippen LogP contribution >= 0.6 is 0 Å². The van der Waals surface area contributed by atoms with E-state index < -0.39 is 0 Å². The Balaban J connectivity index is 2.24. The molecule has 0 aliphatic rings. The zero-order valence-electron chi connectivity index (χ0n) is 9.85. The summed E-state index contributed by atoms with van der Waals surface area (Å²) >= 11 is 0. The molecule has 0 radical (unpaired) electrons. The summed E-state index contributed by atoms with van der Waals surface area (Å²) in [5.74, 6) is -0.310. The Morgan fingerprint density at radius 1 is 1.41 bits per heavy atom. The minimum Gasteiger partial charge on any atom is -0.462 e. The summed E-state index contributed by atoms with van der Waals surface area (Å²) < 4.78 is 5.08. The summed E-state index contributed by atoms with van der Waals surface area (Å²) in [6.07, 6.45) is 0.647. The first kappa shape index (κ1) is 13.0. The first-order valence-corrected chi connectivity index (χ1v) is 5.38. The van der Waals surface area contributed by atoms with Crippen molar-refractivity contribution in [3.05, 3.63) is 35.9 Å². The van der Waals surface area contributed by atoms with Crippen LogP contribution in [0.1, 0.15) is 16.8 Å². The second-order valence-corrected chi connectivity index (χ2v) is 3.66. The third-order valence-corrected chi connectivity index (χ3v) is 2.29. The van der Waals surface area contributed by atoms with Crippen molar-refractivity contribution in [3.63, 3.8) is 0 Å². The molecule has 0 aliphatic heterocycles. The van der Waals surface area contributed by atoms with Crippen molar-refractivity contribution in [2.24, 2.45) is 5.73 Å². The second-order valence-electron chi connectivity index (χ2n) is 3.66. The van der Waals surface area contributed by atoms with Gasteiger partial charge >= 0.3 is 5.97 Å². The van der Waals surface area contributed by atoms with E-state index >= 15 is 0 Å². The van der Waals surface area contributed by atoms with Gasteiger partial charge in [0, 0.05) is 13.6 Å². The van der Waals surface area contributed by atoms with Gasteiger partial charge in [-0.25, -0.2) is 4.79 Å². The SMILES string of the molecule is CN(CCCOC(=O)c1ccccc1)C(=N)N. The molecule has 5 nitrogen and oxygen atoms in total. The summed E-state index contributed by atoms with van der Waals surface area (Å²) in [5.41, 5.74) is 5.82. The average molecular weight is 235 g/mol. The van der Waals surface area contributed by atoms with Gasteiger partial charge in [0.15, 0.2) is 5.96 Å². The molecule has 0 atom stereocenters. The first-order valence-electron chi connectivity index (χ1n) is 5.38. The predicted octanol–water partition coefficient (Wildman–Crippen LogP) is 1.06. The molecule has 0 bridgehead atoms. The maximum absolute atomic E-state index is 11.5. The van der Waals surface area contributed by atoms with Crippen molar-refractivity contribution in [1.82, 2.24) is 4.90 Å². The third-order valence-electron chi connectivity index (χ3n) is 2.29. The number of nitrogens with two attached hydrogens (primary N) is 1. The van der Waals surface area contributed by atoms with Crippen LogP contribution in [0.15, 0.2) is 30.3 Å². The monoisotopic (exact) mass is 235 g/mol. The van der Waals surface area contributed by atoms with E-state index in [4.69, 9.17) is 15.9 Å². The molecule has 17 heavy (non-hydrogen) atoms. The molecule has 0 unspecified atom stereocenters. The molecule has 0 saturated heterocycles. The molecule has 0 saturated carbocycles. The minimum atomic E-state index is -0.323. The lowest BCUT2D eigenvalue weighted by Gasteiger charge is -2.15. The number of carbonyl (C=O) groups is 1. The number of hydrogen-bond acceptors (Lipinski definition) is 3. The van der Waals surface area contributed by atoms with E-state index in [0.717, 1.165) is 0 Å². The fraction of sp³-hybridized carbons (Fsp3) is 0.333. The number of nitrogens with zero attached hydrogens (tertiary/aromatic N) is 1. The highest BCUT2D eigenvalue weighted by atomic mass is 16.5. The fourth-order valence-electron chi connectivity index (χ4n) is 1.24. The number of esters is 1. The van der Waals surface area contributed by atoms with Crippen molar-refractivity contribution >= 4 is 11.9 Å². The number of nitrogens with one attached hydrogen (secondary N) is 1. The third kappa shape index (κ3) is 4.55. The molecular weight excluding hydrogens is 218 g/mol. The Kier molecular flexibility index (Phi) is 5.00. The van der Waals surface area contributed by atoms with Crippen LogP contribution in [0.4, 0.5) is 0 Å². The van der Waals surface area contributed by atoms with Crippen LogP contribution in [0.25, 0.3) is 0 Å². The highest BCUT2D eigenvalue weighted by Crippen LogP contribution is 2.01. The highest BCUT2D eigenvalue weighted by Gasteiger charge is 2.05. The Bertz CT molecular complexity index is 379. The molecule has 0 fully saturated rings. The van der Waals surface area contributed by atoms with Gasteiger partial charge in [-0.15, -0.1) is 0 Å². The summed E-state index contributed by atoms with van der Waals surface area (Å²) in [7, 11) is 1.72. The quantitative estimate of drug-likeness (QED) is 0.346. The van der Waals surface area contributed by atoms with Crippen LogP contribution < -0.4 is 5.73 Å². The predicted molar refractivity (Wildman–Crippen MR) is 65.9 cm³/mol. The van der Waals surface area contributed by atoms with Crippen molar-refractivity contribution in [2.75, 3.05) is 20.2 Å². The molecule has 5 heteroatoms. The molecule has 1 aromatic rings. The van der Waals surface area contributed by atoms with Gasteiger partial charge in [0.25, 0.3) is 0 Å². The highest BCUT2D eigenvalue weighted by molar-refractivity contribution is 5.89. The lowest BCUT2D eigenvalue weighted by Crippen LogP contribution is -2.34. The molecule has 3 N–H and O–H groups in total. The summed E-state index contributed by atoms with van der Waals surface area (Å²) in [5, 5.41) is 7.15. The molecule has 92 valence electrons. The summed E-state index contributed by atoms with van der Waals surface area (Å²) in [6, 6.07) is 8.85. The second kappa shape index (κ2) is 6.52. The van der Waals surface area contributed by atoms with Crippen molar-refractivity contribution < 1.29 is 9.53 Å². The van der Waals surface area contributed by atoms with Gasteiger partial charge in [-0.3, -0.25) is 5.41 Å². The van der Waals surface area contributed by atoms with Gasteiger partial charge in [0.05, 0.1) is 12.2 Å². The Hall–Kier alpha value is -2.04. The Morgan fingerprint density at radius 2 is 2.06 bits per heavy atom. The van der Waals surface area contributed by atoms with Crippen LogP contribution in [0.5, 0.6) is 0 Å². The van der Waals surface area contributed by atoms with Crippen LogP contribution in [-0.2, 0) is 4.74 Å². The number of ether oxygens (including phenoxy) is 1. The fourth-order valence-corrected chi connectivity index (χ4v) is 1.24.